The minimum Gasteiger partial charge on any atom is -0.378 e. The van der Waals surface area contributed by atoms with Gasteiger partial charge in [-0.3, -0.25) is 10.4 Å². The Morgan fingerprint density at radius 1 is 1.11 bits per heavy atom. The fraction of sp³-hybridized carbons (Fsp3) is 0.292. The lowest BCUT2D eigenvalue weighted by atomic mass is 10.2. The van der Waals surface area contributed by atoms with E-state index in [0.717, 1.165) is 11.1 Å². The minimum absolute atomic E-state index is 0.283. The van der Waals surface area contributed by atoms with Gasteiger partial charge in [-0.05, 0) is 24.6 Å². The van der Waals surface area contributed by atoms with Crippen LogP contribution in [0.5, 0.6) is 0 Å². The van der Waals surface area contributed by atoms with Crippen molar-refractivity contribution in [1.29, 1.82) is 0 Å². The number of ether oxygens (including phenoxy) is 1. The number of pyridine rings is 1. The number of aromatic nitrogens is 5. The van der Waals surface area contributed by atoms with Gasteiger partial charge in [-0.2, -0.15) is 23.9 Å². The van der Waals surface area contributed by atoms with Crippen molar-refractivity contribution in [2.75, 3.05) is 36.6 Å². The van der Waals surface area contributed by atoms with E-state index in [-0.39, 0.29) is 11.3 Å². The summed E-state index contributed by atoms with van der Waals surface area (Å²) in [7, 11) is 0. The van der Waals surface area contributed by atoms with Crippen LogP contribution < -0.4 is 10.3 Å². The number of imidazole rings is 1. The lowest BCUT2D eigenvalue weighted by molar-refractivity contribution is -0.0256. The molecule has 0 atom stereocenters. The molecule has 1 N–H and O–H groups in total. The van der Waals surface area contributed by atoms with E-state index in [1.165, 1.54) is 29.2 Å². The summed E-state index contributed by atoms with van der Waals surface area (Å²) in [5.41, 5.74) is 5.27. The molecule has 0 saturated carbocycles. The maximum Gasteiger partial charge on any atom is 0.307 e. The number of morpholine rings is 1. The molecule has 1 aromatic carbocycles. The van der Waals surface area contributed by atoms with E-state index >= 15 is 8.78 Å². The van der Waals surface area contributed by atoms with Crippen LogP contribution in [0, 0.1) is 6.92 Å². The number of benzene rings is 1. The van der Waals surface area contributed by atoms with Crippen molar-refractivity contribution in [2.45, 2.75) is 19.4 Å². The SMILES string of the molecule is Cc1cccc(C=NNc2nc(N3CCOCC3)nc3c2ncn3CC(F)(F)c2ccccn2)c1. The monoisotopic (exact) mass is 478 g/mol. The first-order valence-electron chi connectivity index (χ1n) is 11.2. The second-order valence-corrected chi connectivity index (χ2v) is 8.22. The average molecular weight is 479 g/mol. The van der Waals surface area contributed by atoms with Crippen molar-refractivity contribution in [1.82, 2.24) is 24.5 Å². The lowest BCUT2D eigenvalue weighted by Crippen LogP contribution is -2.37. The van der Waals surface area contributed by atoms with E-state index in [2.05, 4.69) is 30.5 Å². The predicted molar refractivity (Wildman–Crippen MR) is 129 cm³/mol. The molecule has 1 aliphatic heterocycles. The summed E-state index contributed by atoms with van der Waals surface area (Å²) in [5.74, 6) is -2.48. The van der Waals surface area contributed by atoms with Gasteiger partial charge in [-0.1, -0.05) is 35.9 Å². The van der Waals surface area contributed by atoms with Crippen molar-refractivity contribution in [3.63, 3.8) is 0 Å². The van der Waals surface area contributed by atoms with Gasteiger partial charge in [-0.15, -0.1) is 0 Å². The predicted octanol–water partition coefficient (Wildman–Crippen LogP) is 3.60. The van der Waals surface area contributed by atoms with Crippen LogP contribution in [0.1, 0.15) is 16.8 Å². The Balaban J connectivity index is 1.50. The highest BCUT2D eigenvalue weighted by Gasteiger charge is 2.34. The molecular formula is C24H24F2N8O. The molecule has 1 saturated heterocycles. The van der Waals surface area contributed by atoms with Gasteiger partial charge in [0.1, 0.15) is 5.69 Å². The van der Waals surface area contributed by atoms with E-state index < -0.39 is 12.5 Å². The van der Waals surface area contributed by atoms with Crippen molar-refractivity contribution in [3.8, 4) is 0 Å². The topological polar surface area (TPSA) is 93.4 Å². The standard InChI is InChI=1S/C24H24F2N8O/c1-17-5-4-6-18(13-17)14-29-32-21-20-22(31-23(30-21)33-9-11-35-12-10-33)34(16-28-20)15-24(25,26)19-7-2-3-8-27-19/h2-8,13-14,16H,9-12,15H2,1H3,(H,30,31,32). The molecule has 4 aromatic rings. The van der Waals surface area contributed by atoms with Gasteiger partial charge < -0.3 is 14.2 Å². The Kier molecular flexibility index (Phi) is 6.32. The number of fused-ring (bicyclic) bond motifs is 1. The Bertz CT molecular complexity index is 1340. The number of hydrogen-bond donors (Lipinski definition) is 1. The zero-order chi connectivity index (χ0) is 24.3. The fourth-order valence-electron chi connectivity index (χ4n) is 3.82. The number of alkyl halides is 2. The van der Waals surface area contributed by atoms with Gasteiger partial charge in [0.05, 0.1) is 32.3 Å². The van der Waals surface area contributed by atoms with E-state index in [0.29, 0.717) is 43.6 Å². The summed E-state index contributed by atoms with van der Waals surface area (Å²) in [6, 6.07) is 12.3. The first kappa shape index (κ1) is 22.8. The molecule has 5 rings (SSSR count). The molecule has 0 bridgehead atoms. The summed E-state index contributed by atoms with van der Waals surface area (Å²) in [6.45, 7) is 3.59. The van der Waals surface area contributed by atoms with Crippen LogP contribution in [0.3, 0.4) is 0 Å². The van der Waals surface area contributed by atoms with Gasteiger partial charge >= 0.3 is 5.92 Å². The molecule has 0 aliphatic carbocycles. The maximum atomic E-state index is 15.0. The highest BCUT2D eigenvalue weighted by Crippen LogP contribution is 2.31. The molecule has 4 heterocycles. The molecule has 180 valence electrons. The molecule has 11 heteroatoms. The summed E-state index contributed by atoms with van der Waals surface area (Å²) < 4.78 is 36.8. The lowest BCUT2D eigenvalue weighted by Gasteiger charge is -2.27. The van der Waals surface area contributed by atoms with Crippen LogP contribution in [-0.4, -0.2) is 57.0 Å². The molecule has 1 fully saturated rings. The van der Waals surface area contributed by atoms with Crippen molar-refractivity contribution >= 4 is 29.1 Å². The molecule has 1 aliphatic rings. The van der Waals surface area contributed by atoms with Gasteiger partial charge in [-0.25, -0.2) is 4.98 Å². The third-order valence-corrected chi connectivity index (χ3v) is 5.58. The molecular weight excluding hydrogens is 454 g/mol. The molecule has 0 spiro atoms. The number of nitrogens with zero attached hydrogens (tertiary/aromatic N) is 7. The van der Waals surface area contributed by atoms with Crippen LogP contribution in [0.15, 0.2) is 60.1 Å². The quantitative estimate of drug-likeness (QED) is 0.320. The maximum absolute atomic E-state index is 15.0. The minimum atomic E-state index is -3.21. The van der Waals surface area contributed by atoms with Crippen LogP contribution in [0.4, 0.5) is 20.5 Å². The first-order valence-corrected chi connectivity index (χ1v) is 11.2. The third kappa shape index (κ3) is 5.09. The number of hydrogen-bond acceptors (Lipinski definition) is 8. The Morgan fingerprint density at radius 2 is 1.97 bits per heavy atom. The zero-order valence-corrected chi connectivity index (χ0v) is 19.1. The van der Waals surface area contributed by atoms with Crippen LogP contribution in [-0.2, 0) is 17.2 Å². The molecule has 35 heavy (non-hydrogen) atoms. The zero-order valence-electron chi connectivity index (χ0n) is 19.1. The Morgan fingerprint density at radius 3 is 2.74 bits per heavy atom. The van der Waals surface area contributed by atoms with Crippen LogP contribution in [0.25, 0.3) is 11.2 Å². The Hall–Kier alpha value is -3.99. The van der Waals surface area contributed by atoms with Gasteiger partial charge in [0.2, 0.25) is 5.95 Å². The number of halogens is 2. The molecule has 9 nitrogen and oxygen atoms in total. The Labute approximate surface area is 200 Å². The highest BCUT2D eigenvalue weighted by molar-refractivity contribution is 5.86. The first-order chi connectivity index (χ1) is 17.0. The second-order valence-electron chi connectivity index (χ2n) is 8.22. The molecule has 3 aromatic heterocycles. The van der Waals surface area contributed by atoms with Crippen LogP contribution in [0.2, 0.25) is 0 Å². The summed E-state index contributed by atoms with van der Waals surface area (Å²) in [4.78, 5) is 19.3. The largest absolute Gasteiger partial charge is 0.378 e. The molecule has 0 unspecified atom stereocenters. The van der Waals surface area contributed by atoms with E-state index in [9.17, 15) is 0 Å². The van der Waals surface area contributed by atoms with Gasteiger partial charge in [0.25, 0.3) is 0 Å². The van der Waals surface area contributed by atoms with Crippen molar-refractivity contribution < 1.29 is 13.5 Å². The third-order valence-electron chi connectivity index (χ3n) is 5.58. The summed E-state index contributed by atoms with van der Waals surface area (Å²) >= 11 is 0. The fourth-order valence-corrected chi connectivity index (χ4v) is 3.82. The van der Waals surface area contributed by atoms with E-state index in [1.807, 2.05) is 36.1 Å². The number of hydrazone groups is 1. The molecule has 0 radical (unpaired) electrons. The van der Waals surface area contributed by atoms with Gasteiger partial charge in [0.15, 0.2) is 17.0 Å². The van der Waals surface area contributed by atoms with Crippen molar-refractivity contribution in [3.05, 3.63) is 71.8 Å². The van der Waals surface area contributed by atoms with Crippen molar-refractivity contribution in [2.24, 2.45) is 5.10 Å². The number of nitrogens with one attached hydrogen (secondary N) is 1. The van der Waals surface area contributed by atoms with Crippen LogP contribution >= 0.6 is 0 Å². The summed E-state index contributed by atoms with van der Waals surface area (Å²) in [6.07, 6.45) is 4.36. The van der Waals surface area contributed by atoms with E-state index in [1.54, 1.807) is 12.3 Å². The number of rotatable bonds is 7. The number of aryl methyl sites for hydroxylation is 1. The van der Waals surface area contributed by atoms with Gasteiger partial charge in [0, 0.05) is 19.3 Å². The molecule has 0 amide bonds. The smallest absolute Gasteiger partial charge is 0.307 e. The average Bonchev–Trinajstić information content (AvgIpc) is 3.27. The second kappa shape index (κ2) is 9.71. The normalized spacial score (nSPS) is 14.7. The number of anilines is 2. The highest BCUT2D eigenvalue weighted by atomic mass is 19.3. The summed E-state index contributed by atoms with van der Waals surface area (Å²) in [5, 5.41) is 4.30. The van der Waals surface area contributed by atoms with E-state index in [4.69, 9.17) is 4.74 Å².